The molecule has 3 N–H and O–H groups in total. The summed E-state index contributed by atoms with van der Waals surface area (Å²) in [5, 5.41) is 13.7. The van der Waals surface area contributed by atoms with E-state index in [2.05, 4.69) is 5.10 Å². The summed E-state index contributed by atoms with van der Waals surface area (Å²) in [5.74, 6) is 0. The van der Waals surface area contributed by atoms with Gasteiger partial charge in [0.25, 0.3) is 0 Å². The fourth-order valence-electron chi connectivity index (χ4n) is 0.669. The SMILES string of the molecule is NC(=O)N/N=C\c1ccc([N+](=O)[O-])s1. The van der Waals surface area contributed by atoms with Gasteiger partial charge in [-0.3, -0.25) is 10.1 Å². The van der Waals surface area contributed by atoms with Gasteiger partial charge in [-0.05, 0) is 6.07 Å². The summed E-state index contributed by atoms with van der Waals surface area (Å²) in [7, 11) is 0. The Balaban J connectivity index is 2.64. The van der Waals surface area contributed by atoms with Crippen molar-refractivity contribution in [1.29, 1.82) is 0 Å². The first-order chi connectivity index (χ1) is 6.59. The minimum atomic E-state index is -0.785. The molecular weight excluding hydrogens is 208 g/mol. The zero-order valence-corrected chi connectivity index (χ0v) is 7.65. The van der Waals surface area contributed by atoms with Gasteiger partial charge in [0.1, 0.15) is 0 Å². The van der Waals surface area contributed by atoms with E-state index in [-0.39, 0.29) is 5.00 Å². The molecule has 7 nitrogen and oxygen atoms in total. The molecule has 0 saturated heterocycles. The Morgan fingerprint density at radius 2 is 2.43 bits per heavy atom. The Bertz CT molecular complexity index is 386. The maximum Gasteiger partial charge on any atom is 0.332 e. The molecule has 0 aromatic carbocycles. The number of nitrogens with one attached hydrogen (secondary N) is 1. The molecule has 0 fully saturated rings. The molecule has 1 aromatic rings. The lowest BCUT2D eigenvalue weighted by Gasteiger charge is -1.87. The van der Waals surface area contributed by atoms with Gasteiger partial charge in [0.15, 0.2) is 0 Å². The van der Waals surface area contributed by atoms with Crippen LogP contribution in [0.1, 0.15) is 4.88 Å². The predicted octanol–water partition coefficient (Wildman–Crippen LogP) is 0.659. The second-order valence-corrected chi connectivity index (χ2v) is 3.26. The number of nitrogens with zero attached hydrogens (tertiary/aromatic N) is 2. The summed E-state index contributed by atoms with van der Waals surface area (Å²) >= 11 is 0.952. The molecule has 8 heteroatoms. The lowest BCUT2D eigenvalue weighted by atomic mass is 10.5. The molecule has 0 saturated carbocycles. The molecule has 0 bridgehead atoms. The molecule has 14 heavy (non-hydrogen) atoms. The van der Waals surface area contributed by atoms with E-state index in [0.717, 1.165) is 11.3 Å². The van der Waals surface area contributed by atoms with Crippen LogP contribution in [-0.2, 0) is 0 Å². The molecule has 2 amide bonds. The van der Waals surface area contributed by atoms with E-state index in [1.54, 1.807) is 0 Å². The first-order valence-electron chi connectivity index (χ1n) is 3.42. The molecule has 0 unspecified atom stereocenters. The van der Waals surface area contributed by atoms with E-state index in [9.17, 15) is 14.9 Å². The molecular formula is C6H6N4O3S. The van der Waals surface area contributed by atoms with Crippen LogP contribution in [0.25, 0.3) is 0 Å². The number of nitrogens with two attached hydrogens (primary N) is 1. The third-order valence-electron chi connectivity index (χ3n) is 1.16. The van der Waals surface area contributed by atoms with Crippen LogP contribution in [0.15, 0.2) is 17.2 Å². The van der Waals surface area contributed by atoms with Gasteiger partial charge in [0.2, 0.25) is 0 Å². The number of carbonyl (C=O) groups excluding carboxylic acids is 1. The average molecular weight is 214 g/mol. The number of hydrogen-bond donors (Lipinski definition) is 2. The molecule has 1 heterocycles. The Morgan fingerprint density at radius 1 is 1.71 bits per heavy atom. The fourth-order valence-corrected chi connectivity index (χ4v) is 1.36. The molecule has 0 radical (unpaired) electrons. The van der Waals surface area contributed by atoms with Gasteiger partial charge in [-0.2, -0.15) is 5.10 Å². The molecule has 0 aliphatic carbocycles. The summed E-state index contributed by atoms with van der Waals surface area (Å²) in [6.07, 6.45) is 1.28. The van der Waals surface area contributed by atoms with Crippen LogP contribution in [0.5, 0.6) is 0 Å². The van der Waals surface area contributed by atoms with Crippen LogP contribution in [0.2, 0.25) is 0 Å². The van der Waals surface area contributed by atoms with Crippen molar-refractivity contribution >= 4 is 28.6 Å². The molecule has 0 atom stereocenters. The predicted molar refractivity (Wildman–Crippen MR) is 51.3 cm³/mol. The maximum atomic E-state index is 10.3. The smallest absolute Gasteiger partial charge is 0.332 e. The lowest BCUT2D eigenvalue weighted by Crippen LogP contribution is -2.24. The van der Waals surface area contributed by atoms with Crippen molar-refractivity contribution in [3.8, 4) is 0 Å². The van der Waals surface area contributed by atoms with Gasteiger partial charge < -0.3 is 5.73 Å². The van der Waals surface area contributed by atoms with Crippen LogP contribution in [0, 0.1) is 10.1 Å². The quantitative estimate of drug-likeness (QED) is 0.438. The first-order valence-corrected chi connectivity index (χ1v) is 4.24. The van der Waals surface area contributed by atoms with Gasteiger partial charge in [-0.1, -0.05) is 11.3 Å². The second kappa shape index (κ2) is 4.33. The molecule has 0 aliphatic rings. The highest BCUT2D eigenvalue weighted by atomic mass is 32.1. The number of amides is 2. The third kappa shape index (κ3) is 2.83. The number of carbonyl (C=O) groups is 1. The van der Waals surface area contributed by atoms with E-state index in [4.69, 9.17) is 5.73 Å². The minimum absolute atomic E-state index is 0.0190. The highest BCUT2D eigenvalue weighted by molar-refractivity contribution is 7.16. The Kier molecular flexibility index (Phi) is 3.13. The number of urea groups is 1. The molecule has 0 spiro atoms. The van der Waals surface area contributed by atoms with Crippen molar-refractivity contribution in [2.75, 3.05) is 0 Å². The van der Waals surface area contributed by atoms with E-state index in [1.807, 2.05) is 5.43 Å². The standard InChI is InChI=1S/C6H6N4O3S/c7-6(11)9-8-3-4-1-2-5(14-4)10(12)13/h1-3H,(H3,7,9,11)/b8-3-. The van der Waals surface area contributed by atoms with Gasteiger partial charge in [-0.25, -0.2) is 10.2 Å². The molecule has 1 aromatic heterocycles. The van der Waals surface area contributed by atoms with Crippen molar-refractivity contribution in [2.45, 2.75) is 0 Å². The lowest BCUT2D eigenvalue weighted by molar-refractivity contribution is -0.380. The zero-order valence-electron chi connectivity index (χ0n) is 6.84. The Morgan fingerprint density at radius 3 is 2.93 bits per heavy atom. The van der Waals surface area contributed by atoms with Crippen molar-refractivity contribution in [3.05, 3.63) is 27.1 Å². The number of nitro groups is 1. The monoisotopic (exact) mass is 214 g/mol. The van der Waals surface area contributed by atoms with E-state index >= 15 is 0 Å². The molecule has 74 valence electrons. The second-order valence-electron chi connectivity index (χ2n) is 2.17. The van der Waals surface area contributed by atoms with E-state index < -0.39 is 11.0 Å². The Hall–Kier alpha value is -1.96. The van der Waals surface area contributed by atoms with Crippen LogP contribution in [0.3, 0.4) is 0 Å². The van der Waals surface area contributed by atoms with Gasteiger partial charge in [0, 0.05) is 6.07 Å². The van der Waals surface area contributed by atoms with E-state index in [1.165, 1.54) is 18.3 Å². The summed E-state index contributed by atoms with van der Waals surface area (Å²) in [6, 6.07) is 2.10. The van der Waals surface area contributed by atoms with Crippen molar-refractivity contribution in [2.24, 2.45) is 10.8 Å². The third-order valence-corrected chi connectivity index (χ3v) is 2.13. The normalized spacial score (nSPS) is 10.3. The number of rotatable bonds is 3. The summed E-state index contributed by atoms with van der Waals surface area (Å²) in [5.41, 5.74) is 6.72. The summed E-state index contributed by atoms with van der Waals surface area (Å²) < 4.78 is 0. The van der Waals surface area contributed by atoms with Gasteiger partial charge in [-0.15, -0.1) is 0 Å². The van der Waals surface area contributed by atoms with Crippen LogP contribution < -0.4 is 11.2 Å². The minimum Gasteiger partial charge on any atom is -0.350 e. The largest absolute Gasteiger partial charge is 0.350 e. The highest BCUT2D eigenvalue weighted by Gasteiger charge is 2.07. The number of hydrogen-bond acceptors (Lipinski definition) is 5. The first kappa shape index (κ1) is 10.1. The van der Waals surface area contributed by atoms with Crippen LogP contribution >= 0.6 is 11.3 Å². The summed E-state index contributed by atoms with van der Waals surface area (Å²) in [6.45, 7) is 0. The molecule has 1 rings (SSSR count). The van der Waals surface area contributed by atoms with Gasteiger partial charge >= 0.3 is 11.0 Å². The number of primary amides is 1. The molecule has 0 aliphatic heterocycles. The fraction of sp³-hybridized carbons (Fsp3) is 0. The van der Waals surface area contributed by atoms with Crippen molar-refractivity contribution in [3.63, 3.8) is 0 Å². The topological polar surface area (TPSA) is 111 Å². The van der Waals surface area contributed by atoms with Crippen molar-refractivity contribution < 1.29 is 9.72 Å². The van der Waals surface area contributed by atoms with Crippen LogP contribution in [0.4, 0.5) is 9.80 Å². The average Bonchev–Trinajstić information content (AvgIpc) is 2.52. The summed E-state index contributed by atoms with van der Waals surface area (Å²) in [4.78, 5) is 20.5. The highest BCUT2D eigenvalue weighted by Crippen LogP contribution is 2.22. The van der Waals surface area contributed by atoms with Crippen LogP contribution in [-0.4, -0.2) is 17.2 Å². The van der Waals surface area contributed by atoms with E-state index in [0.29, 0.717) is 4.88 Å². The number of hydrazone groups is 1. The maximum absolute atomic E-state index is 10.3. The van der Waals surface area contributed by atoms with Gasteiger partial charge in [0.05, 0.1) is 16.0 Å². The zero-order chi connectivity index (χ0) is 10.6. The number of thiophene rings is 1. The van der Waals surface area contributed by atoms with Crippen molar-refractivity contribution in [1.82, 2.24) is 5.43 Å². The Labute approximate surface area is 82.4 Å².